The fourth-order valence-electron chi connectivity index (χ4n) is 3.35. The van der Waals surface area contributed by atoms with E-state index in [4.69, 9.17) is 0 Å². The summed E-state index contributed by atoms with van der Waals surface area (Å²) in [4.78, 5) is 4.96. The minimum Gasteiger partial charge on any atom is -0.374 e. The van der Waals surface area contributed by atoms with Gasteiger partial charge >= 0.3 is 0 Å². The van der Waals surface area contributed by atoms with Gasteiger partial charge in [0.15, 0.2) is 0 Å². The van der Waals surface area contributed by atoms with Crippen molar-refractivity contribution in [3.05, 3.63) is 29.3 Å². The van der Waals surface area contributed by atoms with Crippen LogP contribution in [0.1, 0.15) is 24.0 Å². The number of hydrogen-bond acceptors (Lipinski definition) is 3. The standard InChI is InChI=1S/C15H23N3/c1-12-10-17(2)14-5-3-4-13(15(12)14)11-18-8-6-16-7-9-18/h3-5,12,16H,6-11H2,1-2H3. The Labute approximate surface area is 110 Å². The van der Waals surface area contributed by atoms with E-state index in [1.165, 1.54) is 24.3 Å². The molecule has 0 radical (unpaired) electrons. The lowest BCUT2D eigenvalue weighted by atomic mass is 9.97. The molecule has 0 amide bonds. The second-order valence-electron chi connectivity index (χ2n) is 5.66. The van der Waals surface area contributed by atoms with Gasteiger partial charge in [0.2, 0.25) is 0 Å². The Morgan fingerprint density at radius 3 is 2.83 bits per heavy atom. The molecule has 1 unspecified atom stereocenters. The lowest BCUT2D eigenvalue weighted by Gasteiger charge is -2.28. The minimum atomic E-state index is 0.670. The quantitative estimate of drug-likeness (QED) is 0.854. The molecule has 3 heteroatoms. The number of piperazine rings is 1. The summed E-state index contributed by atoms with van der Waals surface area (Å²) in [6.07, 6.45) is 0. The van der Waals surface area contributed by atoms with Crippen molar-refractivity contribution < 1.29 is 0 Å². The third-order valence-corrected chi connectivity index (χ3v) is 4.23. The summed E-state index contributed by atoms with van der Waals surface area (Å²) >= 11 is 0. The predicted molar refractivity (Wildman–Crippen MR) is 76.3 cm³/mol. The predicted octanol–water partition coefficient (Wildman–Crippen LogP) is 1.65. The van der Waals surface area contributed by atoms with Gasteiger partial charge < -0.3 is 10.2 Å². The number of nitrogens with one attached hydrogen (secondary N) is 1. The first kappa shape index (κ1) is 12.0. The number of fused-ring (bicyclic) bond motifs is 1. The van der Waals surface area contributed by atoms with Crippen LogP contribution in [0.15, 0.2) is 18.2 Å². The molecule has 2 aliphatic heterocycles. The third kappa shape index (κ3) is 2.13. The summed E-state index contributed by atoms with van der Waals surface area (Å²) < 4.78 is 0. The van der Waals surface area contributed by atoms with Gasteiger partial charge in [-0.3, -0.25) is 4.90 Å². The van der Waals surface area contributed by atoms with Gasteiger partial charge in [-0.05, 0) is 17.2 Å². The molecule has 0 spiro atoms. The highest BCUT2D eigenvalue weighted by Crippen LogP contribution is 2.37. The van der Waals surface area contributed by atoms with Crippen LogP contribution >= 0.6 is 0 Å². The average molecular weight is 245 g/mol. The van der Waals surface area contributed by atoms with Crippen molar-refractivity contribution in [1.82, 2.24) is 10.2 Å². The number of benzene rings is 1. The smallest absolute Gasteiger partial charge is 0.0403 e. The fraction of sp³-hybridized carbons (Fsp3) is 0.600. The van der Waals surface area contributed by atoms with Crippen LogP contribution in [-0.4, -0.2) is 44.7 Å². The zero-order valence-corrected chi connectivity index (χ0v) is 11.4. The van der Waals surface area contributed by atoms with Crippen molar-refractivity contribution in [2.75, 3.05) is 44.7 Å². The lowest BCUT2D eigenvalue weighted by Crippen LogP contribution is -2.43. The molecule has 18 heavy (non-hydrogen) atoms. The maximum Gasteiger partial charge on any atom is 0.0403 e. The van der Waals surface area contributed by atoms with Crippen LogP contribution in [-0.2, 0) is 6.54 Å². The van der Waals surface area contributed by atoms with Crippen molar-refractivity contribution in [3.63, 3.8) is 0 Å². The number of rotatable bonds is 2. The van der Waals surface area contributed by atoms with Crippen molar-refractivity contribution in [2.45, 2.75) is 19.4 Å². The largest absolute Gasteiger partial charge is 0.374 e. The van der Waals surface area contributed by atoms with E-state index < -0.39 is 0 Å². The maximum absolute atomic E-state index is 3.42. The molecule has 2 heterocycles. The maximum atomic E-state index is 3.42. The molecule has 3 nitrogen and oxygen atoms in total. The van der Waals surface area contributed by atoms with Gasteiger partial charge in [0.25, 0.3) is 0 Å². The van der Waals surface area contributed by atoms with Gasteiger partial charge in [-0.1, -0.05) is 19.1 Å². The number of hydrogen-bond donors (Lipinski definition) is 1. The van der Waals surface area contributed by atoms with Gasteiger partial charge in [0.05, 0.1) is 0 Å². The third-order valence-electron chi connectivity index (χ3n) is 4.23. The van der Waals surface area contributed by atoms with Crippen molar-refractivity contribution in [2.24, 2.45) is 0 Å². The van der Waals surface area contributed by atoms with Crippen LogP contribution in [0.3, 0.4) is 0 Å². The summed E-state index contributed by atoms with van der Waals surface area (Å²) in [7, 11) is 2.21. The molecular formula is C15H23N3. The van der Waals surface area contributed by atoms with Crippen molar-refractivity contribution >= 4 is 5.69 Å². The summed E-state index contributed by atoms with van der Waals surface area (Å²) in [6.45, 7) is 9.23. The Morgan fingerprint density at radius 2 is 2.06 bits per heavy atom. The molecule has 0 saturated carbocycles. The van der Waals surface area contributed by atoms with E-state index in [-0.39, 0.29) is 0 Å². The minimum absolute atomic E-state index is 0.670. The topological polar surface area (TPSA) is 18.5 Å². The van der Waals surface area contributed by atoms with Gasteiger partial charge in [-0.15, -0.1) is 0 Å². The van der Waals surface area contributed by atoms with Crippen molar-refractivity contribution in [1.29, 1.82) is 0 Å². The first-order valence-electron chi connectivity index (χ1n) is 7.01. The first-order chi connectivity index (χ1) is 8.75. The molecule has 1 aromatic rings. The molecule has 0 bridgehead atoms. The highest BCUT2D eigenvalue weighted by molar-refractivity contribution is 5.62. The second-order valence-corrected chi connectivity index (χ2v) is 5.66. The number of anilines is 1. The van der Waals surface area contributed by atoms with Crippen LogP contribution in [0, 0.1) is 0 Å². The monoisotopic (exact) mass is 245 g/mol. The number of nitrogens with zero attached hydrogens (tertiary/aromatic N) is 2. The van der Waals surface area contributed by atoms with Gasteiger partial charge in [0, 0.05) is 57.9 Å². The highest BCUT2D eigenvalue weighted by atomic mass is 15.2. The Balaban J connectivity index is 1.84. The molecule has 3 rings (SSSR count). The van der Waals surface area contributed by atoms with E-state index in [9.17, 15) is 0 Å². The van der Waals surface area contributed by atoms with Crippen LogP contribution in [0.2, 0.25) is 0 Å². The zero-order valence-electron chi connectivity index (χ0n) is 11.4. The summed E-state index contributed by atoms with van der Waals surface area (Å²) in [5, 5.41) is 3.42. The molecular weight excluding hydrogens is 222 g/mol. The fourth-order valence-corrected chi connectivity index (χ4v) is 3.35. The molecule has 2 aliphatic rings. The molecule has 1 saturated heterocycles. The SMILES string of the molecule is CC1CN(C)c2cccc(CN3CCNCC3)c21. The lowest BCUT2D eigenvalue weighted by molar-refractivity contribution is 0.232. The Hall–Kier alpha value is -1.06. The normalized spacial score (nSPS) is 24.3. The molecule has 98 valence electrons. The van der Waals surface area contributed by atoms with Gasteiger partial charge in [-0.2, -0.15) is 0 Å². The van der Waals surface area contributed by atoms with E-state index in [0.29, 0.717) is 5.92 Å². The van der Waals surface area contributed by atoms with E-state index in [1.54, 1.807) is 5.56 Å². The van der Waals surface area contributed by atoms with Gasteiger partial charge in [-0.25, -0.2) is 0 Å². The van der Waals surface area contributed by atoms with E-state index in [0.717, 1.165) is 26.2 Å². The summed E-state index contributed by atoms with van der Waals surface area (Å²) in [5.41, 5.74) is 4.56. The van der Waals surface area contributed by atoms with E-state index in [2.05, 4.69) is 47.3 Å². The van der Waals surface area contributed by atoms with Crippen LogP contribution in [0.25, 0.3) is 0 Å². The summed E-state index contributed by atoms with van der Waals surface area (Å²) in [6, 6.07) is 6.79. The van der Waals surface area contributed by atoms with Crippen molar-refractivity contribution in [3.8, 4) is 0 Å². The second kappa shape index (κ2) is 4.90. The summed E-state index contributed by atoms with van der Waals surface area (Å²) in [5.74, 6) is 0.670. The Morgan fingerprint density at radius 1 is 1.28 bits per heavy atom. The van der Waals surface area contributed by atoms with E-state index >= 15 is 0 Å². The van der Waals surface area contributed by atoms with Crippen LogP contribution in [0.4, 0.5) is 5.69 Å². The average Bonchev–Trinajstić information content (AvgIpc) is 2.67. The molecule has 0 aromatic heterocycles. The number of likely N-dealkylation sites (N-methyl/N-ethyl adjacent to an activating group) is 1. The molecule has 1 atom stereocenters. The Bertz CT molecular complexity index is 424. The highest BCUT2D eigenvalue weighted by Gasteiger charge is 2.26. The first-order valence-corrected chi connectivity index (χ1v) is 7.01. The molecule has 0 aliphatic carbocycles. The zero-order chi connectivity index (χ0) is 12.5. The van der Waals surface area contributed by atoms with Crippen LogP contribution < -0.4 is 10.2 Å². The van der Waals surface area contributed by atoms with Crippen LogP contribution in [0.5, 0.6) is 0 Å². The Kier molecular flexibility index (Phi) is 3.27. The molecule has 1 aromatic carbocycles. The van der Waals surface area contributed by atoms with Gasteiger partial charge in [0.1, 0.15) is 0 Å². The molecule has 1 fully saturated rings. The molecule has 1 N–H and O–H groups in total. The van der Waals surface area contributed by atoms with E-state index in [1.807, 2.05) is 0 Å².